The van der Waals surface area contributed by atoms with Crippen LogP contribution in [0, 0.1) is 12.7 Å². The fourth-order valence-electron chi connectivity index (χ4n) is 2.90. The first kappa shape index (κ1) is 19.5. The molecule has 6 nitrogen and oxygen atoms in total. The van der Waals surface area contributed by atoms with E-state index in [1.54, 1.807) is 13.0 Å². The molecule has 3 rings (SSSR count). The molecular formula is C19H22FN3O3S. The molecule has 8 heteroatoms. The number of aryl methyl sites for hydroxylation is 1. The molecule has 2 aromatic rings. The fraction of sp³-hybridized carbons (Fsp3) is 0.316. The summed E-state index contributed by atoms with van der Waals surface area (Å²) in [6.45, 7) is 3.92. The average molecular weight is 391 g/mol. The predicted octanol–water partition coefficient (Wildman–Crippen LogP) is 2.32. The fourth-order valence-corrected chi connectivity index (χ4v) is 4.37. The summed E-state index contributed by atoms with van der Waals surface area (Å²) in [6, 6.07) is 10.2. The van der Waals surface area contributed by atoms with Crippen molar-refractivity contribution >= 4 is 21.6 Å². The number of hydrogen-bond donors (Lipinski definition) is 1. The third-order valence-corrected chi connectivity index (χ3v) is 6.46. The molecule has 0 aliphatic carbocycles. The lowest BCUT2D eigenvalue weighted by molar-refractivity contribution is 0.102. The van der Waals surface area contributed by atoms with Gasteiger partial charge in [-0.25, -0.2) is 12.8 Å². The van der Waals surface area contributed by atoms with Crippen LogP contribution in [0.1, 0.15) is 15.9 Å². The van der Waals surface area contributed by atoms with Crippen LogP contribution in [-0.2, 0) is 10.0 Å². The zero-order chi connectivity index (χ0) is 19.6. The number of nitrogens with zero attached hydrogens (tertiary/aromatic N) is 2. The lowest BCUT2D eigenvalue weighted by Gasteiger charge is -2.31. The van der Waals surface area contributed by atoms with Gasteiger partial charge in [-0.2, -0.15) is 4.31 Å². The zero-order valence-corrected chi connectivity index (χ0v) is 16.1. The van der Waals surface area contributed by atoms with Crippen molar-refractivity contribution in [3.8, 4) is 0 Å². The Bertz CT molecular complexity index is 954. The second-order valence-electron chi connectivity index (χ2n) is 6.67. The van der Waals surface area contributed by atoms with Gasteiger partial charge in [0.1, 0.15) is 5.82 Å². The minimum Gasteiger partial charge on any atom is -0.319 e. The van der Waals surface area contributed by atoms with Crippen LogP contribution in [0.2, 0.25) is 0 Å². The van der Waals surface area contributed by atoms with Gasteiger partial charge in [-0.15, -0.1) is 0 Å². The molecule has 1 saturated heterocycles. The Kier molecular flexibility index (Phi) is 5.59. The molecule has 0 radical (unpaired) electrons. The van der Waals surface area contributed by atoms with E-state index in [9.17, 15) is 17.6 Å². The number of sulfonamides is 1. The standard InChI is InChI=1S/C19H22FN3O3S/c1-14-6-7-17(20)18(12-14)21-19(24)15-4-3-5-16(13-15)27(25,26)23-10-8-22(2)9-11-23/h3-7,12-13H,8-11H2,1-2H3,(H,21,24). The minimum absolute atomic E-state index is 0.0596. The molecule has 0 aromatic heterocycles. The molecule has 144 valence electrons. The molecule has 1 amide bonds. The second kappa shape index (κ2) is 7.75. The number of nitrogens with one attached hydrogen (secondary N) is 1. The van der Waals surface area contributed by atoms with Crippen LogP contribution in [0.4, 0.5) is 10.1 Å². The maximum Gasteiger partial charge on any atom is 0.255 e. The summed E-state index contributed by atoms with van der Waals surface area (Å²) in [5.74, 6) is -1.11. The normalized spacial score (nSPS) is 16.3. The van der Waals surface area contributed by atoms with E-state index in [1.165, 1.54) is 40.7 Å². The quantitative estimate of drug-likeness (QED) is 0.869. The Morgan fingerprint density at radius 1 is 1.07 bits per heavy atom. The third-order valence-electron chi connectivity index (χ3n) is 4.57. The lowest BCUT2D eigenvalue weighted by atomic mass is 10.2. The number of anilines is 1. The van der Waals surface area contributed by atoms with E-state index in [2.05, 4.69) is 10.2 Å². The molecule has 1 fully saturated rings. The van der Waals surface area contributed by atoms with Crippen molar-refractivity contribution in [1.82, 2.24) is 9.21 Å². The first-order chi connectivity index (χ1) is 12.8. The Morgan fingerprint density at radius 2 is 1.78 bits per heavy atom. The number of amides is 1. The van der Waals surface area contributed by atoms with Gasteiger partial charge in [0, 0.05) is 31.7 Å². The molecule has 0 spiro atoms. The molecule has 27 heavy (non-hydrogen) atoms. The number of rotatable bonds is 4. The van der Waals surface area contributed by atoms with E-state index >= 15 is 0 Å². The number of carbonyl (C=O) groups excluding carboxylic acids is 1. The molecule has 0 atom stereocenters. The average Bonchev–Trinajstić information content (AvgIpc) is 2.65. The highest BCUT2D eigenvalue weighted by Gasteiger charge is 2.28. The van der Waals surface area contributed by atoms with E-state index in [0.29, 0.717) is 26.2 Å². The van der Waals surface area contributed by atoms with Crippen molar-refractivity contribution in [1.29, 1.82) is 0 Å². The molecule has 1 aliphatic heterocycles. The number of halogens is 1. The highest BCUT2D eigenvalue weighted by molar-refractivity contribution is 7.89. The highest BCUT2D eigenvalue weighted by atomic mass is 32.2. The van der Waals surface area contributed by atoms with Gasteiger partial charge in [0.05, 0.1) is 10.6 Å². The van der Waals surface area contributed by atoms with E-state index in [4.69, 9.17) is 0 Å². The Labute approximate surface area is 158 Å². The topological polar surface area (TPSA) is 69.7 Å². The van der Waals surface area contributed by atoms with Gasteiger partial charge in [0.2, 0.25) is 10.0 Å². The minimum atomic E-state index is -3.68. The lowest BCUT2D eigenvalue weighted by Crippen LogP contribution is -2.47. The van der Waals surface area contributed by atoms with Gasteiger partial charge in [-0.1, -0.05) is 12.1 Å². The number of piperazine rings is 1. The molecule has 1 heterocycles. The maximum absolute atomic E-state index is 13.9. The van der Waals surface area contributed by atoms with Crippen molar-refractivity contribution in [2.45, 2.75) is 11.8 Å². The Balaban J connectivity index is 1.82. The number of hydrogen-bond acceptors (Lipinski definition) is 4. The first-order valence-corrected chi connectivity index (χ1v) is 10.1. The monoisotopic (exact) mass is 391 g/mol. The van der Waals surface area contributed by atoms with E-state index in [-0.39, 0.29) is 16.1 Å². The molecule has 0 unspecified atom stereocenters. The van der Waals surface area contributed by atoms with Crippen LogP contribution >= 0.6 is 0 Å². The summed E-state index contributed by atoms with van der Waals surface area (Å²) in [5.41, 5.74) is 1.02. The molecular weight excluding hydrogens is 369 g/mol. The van der Waals surface area contributed by atoms with Crippen LogP contribution in [-0.4, -0.2) is 56.8 Å². The van der Waals surface area contributed by atoms with Crippen molar-refractivity contribution in [3.63, 3.8) is 0 Å². The van der Waals surface area contributed by atoms with Gasteiger partial charge in [-0.05, 0) is 49.9 Å². The van der Waals surface area contributed by atoms with Gasteiger partial charge in [0.25, 0.3) is 5.91 Å². The summed E-state index contributed by atoms with van der Waals surface area (Å²) in [4.78, 5) is 14.6. The van der Waals surface area contributed by atoms with Gasteiger partial charge in [0.15, 0.2) is 0 Å². The molecule has 1 aliphatic rings. The summed E-state index contributed by atoms with van der Waals surface area (Å²) in [5, 5.41) is 2.50. The predicted molar refractivity (Wildman–Crippen MR) is 102 cm³/mol. The summed E-state index contributed by atoms with van der Waals surface area (Å²) < 4.78 is 41.0. The Morgan fingerprint density at radius 3 is 2.48 bits per heavy atom. The highest BCUT2D eigenvalue weighted by Crippen LogP contribution is 2.21. The summed E-state index contributed by atoms with van der Waals surface area (Å²) >= 11 is 0. The molecule has 2 aromatic carbocycles. The van der Waals surface area contributed by atoms with Gasteiger partial charge >= 0.3 is 0 Å². The third kappa shape index (κ3) is 4.35. The van der Waals surface area contributed by atoms with Crippen molar-refractivity contribution in [2.75, 3.05) is 38.5 Å². The van der Waals surface area contributed by atoms with Gasteiger partial charge < -0.3 is 10.2 Å². The maximum atomic E-state index is 13.9. The van der Waals surface area contributed by atoms with Crippen LogP contribution in [0.15, 0.2) is 47.4 Å². The van der Waals surface area contributed by atoms with Crippen LogP contribution in [0.3, 0.4) is 0 Å². The van der Waals surface area contributed by atoms with Crippen LogP contribution < -0.4 is 5.32 Å². The van der Waals surface area contributed by atoms with Gasteiger partial charge in [-0.3, -0.25) is 4.79 Å². The Hall–Kier alpha value is -2.29. The summed E-state index contributed by atoms with van der Waals surface area (Å²) in [6.07, 6.45) is 0. The SMILES string of the molecule is Cc1ccc(F)c(NC(=O)c2cccc(S(=O)(=O)N3CCN(C)CC3)c2)c1. The molecule has 0 bridgehead atoms. The first-order valence-electron chi connectivity index (χ1n) is 8.63. The van der Waals surface area contributed by atoms with E-state index in [1.807, 2.05) is 7.05 Å². The number of likely N-dealkylation sites (N-methyl/N-ethyl adjacent to an activating group) is 1. The van der Waals surface area contributed by atoms with E-state index in [0.717, 1.165) is 5.56 Å². The molecule has 0 saturated carbocycles. The number of carbonyl (C=O) groups is 1. The second-order valence-corrected chi connectivity index (χ2v) is 8.61. The smallest absolute Gasteiger partial charge is 0.255 e. The van der Waals surface area contributed by atoms with Crippen molar-refractivity contribution in [3.05, 3.63) is 59.4 Å². The van der Waals surface area contributed by atoms with Crippen LogP contribution in [0.5, 0.6) is 0 Å². The molecule has 1 N–H and O–H groups in total. The largest absolute Gasteiger partial charge is 0.319 e. The van der Waals surface area contributed by atoms with Crippen LogP contribution in [0.25, 0.3) is 0 Å². The van der Waals surface area contributed by atoms with E-state index < -0.39 is 21.7 Å². The van der Waals surface area contributed by atoms with Crippen molar-refractivity contribution < 1.29 is 17.6 Å². The summed E-state index contributed by atoms with van der Waals surface area (Å²) in [7, 11) is -1.73. The zero-order valence-electron chi connectivity index (χ0n) is 15.3. The number of benzene rings is 2. The van der Waals surface area contributed by atoms with Crippen molar-refractivity contribution in [2.24, 2.45) is 0 Å².